The summed E-state index contributed by atoms with van der Waals surface area (Å²) in [6, 6.07) is 6.98. The van der Waals surface area contributed by atoms with E-state index in [9.17, 15) is 18.0 Å². The van der Waals surface area contributed by atoms with Crippen molar-refractivity contribution in [1.82, 2.24) is 4.98 Å². The maximum absolute atomic E-state index is 12.5. The van der Waals surface area contributed by atoms with Crippen LogP contribution >= 0.6 is 11.6 Å². The molecule has 6 heteroatoms. The zero-order valence-electron chi connectivity index (χ0n) is 11.3. The minimum atomic E-state index is -4.59. The molecule has 21 heavy (non-hydrogen) atoms. The number of aromatic nitrogens is 1. The maximum Gasteiger partial charge on any atom is 0.433 e. The first-order valence-corrected chi connectivity index (χ1v) is 6.44. The van der Waals surface area contributed by atoms with Crippen molar-refractivity contribution in [2.75, 3.05) is 0 Å². The molecule has 0 aliphatic heterocycles. The van der Waals surface area contributed by atoms with E-state index in [0.29, 0.717) is 5.56 Å². The van der Waals surface area contributed by atoms with Crippen LogP contribution in [0.2, 0.25) is 5.15 Å². The summed E-state index contributed by atoms with van der Waals surface area (Å²) in [5, 5.41) is -0.448. The van der Waals surface area contributed by atoms with Crippen LogP contribution in [0.5, 0.6) is 0 Å². The average Bonchev–Trinajstić information content (AvgIpc) is 2.40. The lowest BCUT2D eigenvalue weighted by molar-refractivity contribution is -0.141. The Balaban J connectivity index is 2.48. The Labute approximate surface area is 124 Å². The van der Waals surface area contributed by atoms with Gasteiger partial charge < -0.3 is 0 Å². The van der Waals surface area contributed by atoms with Crippen molar-refractivity contribution in [3.63, 3.8) is 0 Å². The van der Waals surface area contributed by atoms with Gasteiger partial charge in [-0.15, -0.1) is 0 Å². The van der Waals surface area contributed by atoms with Crippen molar-refractivity contribution in [2.24, 2.45) is 0 Å². The molecule has 2 nitrogen and oxygen atoms in total. The second-order valence-corrected chi connectivity index (χ2v) is 4.97. The summed E-state index contributed by atoms with van der Waals surface area (Å²) in [5.41, 5.74) is 0.914. The molecule has 0 amide bonds. The van der Waals surface area contributed by atoms with Gasteiger partial charge in [-0.2, -0.15) is 13.2 Å². The summed E-state index contributed by atoms with van der Waals surface area (Å²) in [4.78, 5) is 15.7. The lowest BCUT2D eigenvalue weighted by Gasteiger charge is -2.10. The monoisotopic (exact) mass is 313 g/mol. The van der Waals surface area contributed by atoms with Gasteiger partial charge in [0.1, 0.15) is 10.8 Å². The van der Waals surface area contributed by atoms with E-state index in [4.69, 9.17) is 11.6 Å². The van der Waals surface area contributed by atoms with Gasteiger partial charge in [-0.1, -0.05) is 29.8 Å². The Morgan fingerprint density at radius 1 is 1.10 bits per heavy atom. The number of ketones is 1. The molecular weight excluding hydrogens is 303 g/mol. The molecule has 0 unspecified atom stereocenters. The van der Waals surface area contributed by atoms with Crippen LogP contribution in [0.3, 0.4) is 0 Å². The van der Waals surface area contributed by atoms with Gasteiger partial charge in [0.25, 0.3) is 0 Å². The molecule has 0 N–H and O–H groups in total. The second kappa shape index (κ2) is 5.48. The quantitative estimate of drug-likeness (QED) is 0.599. The minimum absolute atomic E-state index is 0.0432. The van der Waals surface area contributed by atoms with Crippen molar-refractivity contribution in [3.05, 3.63) is 63.4 Å². The van der Waals surface area contributed by atoms with E-state index in [1.54, 1.807) is 19.1 Å². The van der Waals surface area contributed by atoms with Gasteiger partial charge in [-0.05, 0) is 37.1 Å². The Morgan fingerprint density at radius 2 is 1.76 bits per heavy atom. The molecule has 1 aromatic heterocycles. The molecule has 110 valence electrons. The van der Waals surface area contributed by atoms with Gasteiger partial charge in [0.2, 0.25) is 0 Å². The summed E-state index contributed by atoms with van der Waals surface area (Å²) in [5.74, 6) is -0.442. The lowest BCUT2D eigenvalue weighted by atomic mass is 9.97. The molecule has 1 aromatic carbocycles. The fourth-order valence-electron chi connectivity index (χ4n) is 1.90. The molecule has 0 spiro atoms. The highest BCUT2D eigenvalue weighted by molar-refractivity contribution is 6.33. The lowest BCUT2D eigenvalue weighted by Crippen LogP contribution is -2.11. The summed E-state index contributed by atoms with van der Waals surface area (Å²) in [6.07, 6.45) is -4.59. The van der Waals surface area contributed by atoms with E-state index < -0.39 is 22.8 Å². The highest BCUT2D eigenvalue weighted by atomic mass is 35.5. The third-order valence-electron chi connectivity index (χ3n) is 3.23. The third kappa shape index (κ3) is 3.08. The number of hydrogen-bond acceptors (Lipinski definition) is 2. The third-order valence-corrected chi connectivity index (χ3v) is 3.52. The average molecular weight is 314 g/mol. The number of alkyl halides is 3. The molecule has 0 saturated heterocycles. The van der Waals surface area contributed by atoms with E-state index in [0.717, 1.165) is 23.3 Å². The van der Waals surface area contributed by atoms with Crippen molar-refractivity contribution >= 4 is 17.4 Å². The first-order valence-electron chi connectivity index (χ1n) is 6.06. The first-order chi connectivity index (χ1) is 9.71. The standard InChI is InChI=1S/C15H11ClF3NO/c1-8-4-3-5-10(9(8)2)13(21)11-6-7-12(15(17,18)19)20-14(11)16/h3-7H,1-2H3. The fourth-order valence-corrected chi connectivity index (χ4v) is 2.14. The number of aryl methyl sites for hydroxylation is 1. The number of rotatable bonds is 2. The normalized spacial score (nSPS) is 11.5. The van der Waals surface area contributed by atoms with Gasteiger partial charge in [0, 0.05) is 5.56 Å². The predicted molar refractivity (Wildman–Crippen MR) is 73.6 cm³/mol. The highest BCUT2D eigenvalue weighted by Crippen LogP contribution is 2.30. The van der Waals surface area contributed by atoms with Crippen molar-refractivity contribution < 1.29 is 18.0 Å². The Morgan fingerprint density at radius 3 is 2.33 bits per heavy atom. The Hall–Kier alpha value is -1.88. The molecule has 0 bridgehead atoms. The van der Waals surface area contributed by atoms with E-state index in [-0.39, 0.29) is 5.56 Å². The van der Waals surface area contributed by atoms with Gasteiger partial charge in [-0.25, -0.2) is 4.98 Å². The molecule has 0 saturated carbocycles. The maximum atomic E-state index is 12.5. The van der Waals surface area contributed by atoms with E-state index >= 15 is 0 Å². The SMILES string of the molecule is Cc1cccc(C(=O)c2ccc(C(F)(F)F)nc2Cl)c1C. The summed E-state index contributed by atoms with van der Waals surface area (Å²) in [6.45, 7) is 3.62. The predicted octanol–water partition coefficient (Wildman–Crippen LogP) is 4.60. The number of benzene rings is 1. The van der Waals surface area contributed by atoms with Gasteiger partial charge in [0.15, 0.2) is 5.78 Å². The molecule has 0 atom stereocenters. The highest BCUT2D eigenvalue weighted by Gasteiger charge is 2.33. The van der Waals surface area contributed by atoms with Crippen LogP contribution in [0.1, 0.15) is 32.7 Å². The Kier molecular flexibility index (Phi) is 4.05. The largest absolute Gasteiger partial charge is 0.433 e. The van der Waals surface area contributed by atoms with Crippen LogP contribution in [0.25, 0.3) is 0 Å². The zero-order valence-corrected chi connectivity index (χ0v) is 12.0. The minimum Gasteiger partial charge on any atom is -0.288 e. The molecule has 0 fully saturated rings. The van der Waals surface area contributed by atoms with Crippen molar-refractivity contribution in [3.8, 4) is 0 Å². The van der Waals surface area contributed by atoms with Crippen molar-refractivity contribution in [2.45, 2.75) is 20.0 Å². The van der Waals surface area contributed by atoms with Crippen LogP contribution < -0.4 is 0 Å². The van der Waals surface area contributed by atoms with Gasteiger partial charge in [0.05, 0.1) is 5.56 Å². The van der Waals surface area contributed by atoms with Gasteiger partial charge in [-0.3, -0.25) is 4.79 Å². The number of carbonyl (C=O) groups excluding carboxylic acids is 1. The fraction of sp³-hybridized carbons (Fsp3) is 0.200. The molecule has 0 aliphatic rings. The first kappa shape index (κ1) is 15.5. The van der Waals surface area contributed by atoms with E-state index in [1.807, 2.05) is 13.0 Å². The Bertz CT molecular complexity index is 711. The smallest absolute Gasteiger partial charge is 0.288 e. The van der Waals surface area contributed by atoms with Crippen molar-refractivity contribution in [1.29, 1.82) is 0 Å². The molecule has 0 radical (unpaired) electrons. The number of halogens is 4. The van der Waals surface area contributed by atoms with Crippen LogP contribution in [0.15, 0.2) is 30.3 Å². The van der Waals surface area contributed by atoms with Crippen LogP contribution in [-0.4, -0.2) is 10.8 Å². The summed E-state index contributed by atoms with van der Waals surface area (Å²) in [7, 11) is 0. The van der Waals surface area contributed by atoms with E-state index in [1.165, 1.54) is 0 Å². The van der Waals surface area contributed by atoms with E-state index in [2.05, 4.69) is 4.98 Å². The molecule has 2 aromatic rings. The molecule has 2 rings (SSSR count). The topological polar surface area (TPSA) is 30.0 Å². The number of carbonyl (C=O) groups is 1. The van der Waals surface area contributed by atoms with Crippen LogP contribution in [0, 0.1) is 13.8 Å². The van der Waals surface area contributed by atoms with Crippen LogP contribution in [-0.2, 0) is 6.18 Å². The molecule has 0 aliphatic carbocycles. The number of hydrogen-bond donors (Lipinski definition) is 0. The number of pyridine rings is 1. The molecular formula is C15H11ClF3NO. The molecule has 1 heterocycles. The zero-order chi connectivity index (χ0) is 15.8. The number of nitrogens with zero attached hydrogens (tertiary/aromatic N) is 1. The second-order valence-electron chi connectivity index (χ2n) is 4.61. The summed E-state index contributed by atoms with van der Waals surface area (Å²) >= 11 is 5.74. The van der Waals surface area contributed by atoms with Crippen LogP contribution in [0.4, 0.5) is 13.2 Å². The summed E-state index contributed by atoms with van der Waals surface area (Å²) < 4.78 is 37.6. The van der Waals surface area contributed by atoms with Gasteiger partial charge >= 0.3 is 6.18 Å².